The van der Waals surface area contributed by atoms with Gasteiger partial charge in [0.05, 0.1) is 34.4 Å². The number of rotatable bonds is 36. The van der Waals surface area contributed by atoms with Gasteiger partial charge in [-0.3, -0.25) is 9.59 Å². The van der Waals surface area contributed by atoms with Crippen molar-refractivity contribution in [2.24, 2.45) is 0 Å². The van der Waals surface area contributed by atoms with Gasteiger partial charge in [0, 0.05) is 19.3 Å². The molecule has 300 valence electrons. The van der Waals surface area contributed by atoms with Crippen molar-refractivity contribution >= 4 is 17.9 Å². The van der Waals surface area contributed by atoms with Crippen LogP contribution in [0.5, 0.6) is 0 Å². The number of carbonyl (C=O) groups is 3. The third-order valence-electron chi connectivity index (χ3n) is 8.96. The highest BCUT2D eigenvalue weighted by Gasteiger charge is 2.31. The molecule has 0 aromatic rings. The van der Waals surface area contributed by atoms with Gasteiger partial charge in [0.1, 0.15) is 6.61 Å². The number of hydrogen-bond donors (Lipinski definition) is 1. The molecule has 0 saturated heterocycles. The van der Waals surface area contributed by atoms with Crippen molar-refractivity contribution in [2.75, 3.05) is 41.0 Å². The number of ether oxygens (including phenoxy) is 3. The lowest BCUT2D eigenvalue weighted by Gasteiger charge is -2.31. The van der Waals surface area contributed by atoms with E-state index in [1.54, 1.807) is 0 Å². The van der Waals surface area contributed by atoms with Gasteiger partial charge in [0.25, 0.3) is 0 Å². The monoisotopic (exact) mass is 733 g/mol. The average molecular weight is 733 g/mol. The fourth-order valence-electron chi connectivity index (χ4n) is 5.75. The minimum atomic E-state index is -0.884. The molecule has 0 amide bonds. The maximum atomic E-state index is 12.6. The van der Waals surface area contributed by atoms with Crippen LogP contribution in [0, 0.1) is 0 Å². The molecule has 0 aliphatic carbocycles. The van der Waals surface area contributed by atoms with Crippen molar-refractivity contribution in [3.05, 3.63) is 48.6 Å². The van der Waals surface area contributed by atoms with Gasteiger partial charge in [-0.1, -0.05) is 120 Å². The quantitative estimate of drug-likeness (QED) is 0.0296. The summed E-state index contributed by atoms with van der Waals surface area (Å²) in [7, 11) is 5.50. The SMILES string of the molecule is CC/C=C/C/C=C/C/C=C/CCCCC(=O)OC(COCCC(C(=O)O)[N+](C)(C)C)COC(=O)CCCCCCC/C=C/CCCCCCCCC. The van der Waals surface area contributed by atoms with E-state index in [2.05, 4.69) is 62.5 Å². The Hall–Kier alpha value is -2.71. The maximum absolute atomic E-state index is 12.6. The Balaban J connectivity index is 4.42. The summed E-state index contributed by atoms with van der Waals surface area (Å²) in [6, 6.07) is -0.622. The second-order valence-electron chi connectivity index (χ2n) is 14.9. The Kier molecular flexibility index (Phi) is 33.5. The molecule has 8 nitrogen and oxygen atoms in total. The first kappa shape index (κ1) is 49.3. The van der Waals surface area contributed by atoms with Crippen LogP contribution in [0.3, 0.4) is 0 Å². The normalized spacial score (nSPS) is 13.5. The zero-order valence-electron chi connectivity index (χ0n) is 34.0. The number of hydrogen-bond acceptors (Lipinski definition) is 6. The van der Waals surface area contributed by atoms with Crippen molar-refractivity contribution in [1.29, 1.82) is 0 Å². The van der Waals surface area contributed by atoms with Crippen molar-refractivity contribution in [2.45, 2.75) is 174 Å². The number of unbranched alkanes of at least 4 members (excludes halogenated alkanes) is 14. The van der Waals surface area contributed by atoms with E-state index in [1.807, 2.05) is 21.1 Å². The molecule has 0 heterocycles. The van der Waals surface area contributed by atoms with Crippen LogP contribution in [0.2, 0.25) is 0 Å². The average Bonchev–Trinajstić information content (AvgIpc) is 3.09. The highest BCUT2D eigenvalue weighted by Crippen LogP contribution is 2.13. The van der Waals surface area contributed by atoms with Crippen molar-refractivity contribution < 1.29 is 38.2 Å². The summed E-state index contributed by atoms with van der Waals surface area (Å²) in [4.78, 5) is 36.8. The van der Waals surface area contributed by atoms with E-state index in [0.29, 0.717) is 19.3 Å². The fraction of sp³-hybridized carbons (Fsp3) is 0.750. The predicted octanol–water partition coefficient (Wildman–Crippen LogP) is 10.9. The van der Waals surface area contributed by atoms with E-state index in [1.165, 1.54) is 57.8 Å². The second kappa shape index (κ2) is 35.3. The van der Waals surface area contributed by atoms with Gasteiger partial charge < -0.3 is 23.8 Å². The molecule has 52 heavy (non-hydrogen) atoms. The standard InChI is InChI=1S/C44H77NO7/c1-6-8-10-12-14-16-18-20-21-22-23-25-26-28-30-32-34-42(46)51-39-40(38-50-37-36-41(44(48)49)45(3,4)5)52-43(47)35-33-31-29-27-24-19-17-15-13-11-9-7-2/h9,11,15,17,21-22,24,27,40-41H,6-8,10,12-14,16,18-20,23,25-26,28-39H2,1-5H3/p+1/b11-9+,17-15+,22-21+,27-24+. The number of esters is 2. The highest BCUT2D eigenvalue weighted by atomic mass is 16.6. The van der Waals surface area contributed by atoms with Gasteiger partial charge in [-0.15, -0.1) is 0 Å². The molecule has 0 aromatic heterocycles. The molecule has 0 spiro atoms. The van der Waals surface area contributed by atoms with Gasteiger partial charge in [-0.2, -0.15) is 0 Å². The Labute approximate surface area is 318 Å². The van der Waals surface area contributed by atoms with Crippen LogP contribution in [0.25, 0.3) is 0 Å². The minimum Gasteiger partial charge on any atom is -0.477 e. The Morgan fingerprint density at radius 1 is 0.596 bits per heavy atom. The van der Waals surface area contributed by atoms with Crippen LogP contribution in [0.4, 0.5) is 0 Å². The molecule has 8 heteroatoms. The number of quaternary nitrogens is 1. The summed E-state index contributed by atoms with van der Waals surface area (Å²) < 4.78 is 17.2. The minimum absolute atomic E-state index is 0.0421. The van der Waals surface area contributed by atoms with Crippen LogP contribution in [-0.2, 0) is 28.6 Å². The van der Waals surface area contributed by atoms with E-state index in [-0.39, 0.29) is 42.7 Å². The van der Waals surface area contributed by atoms with Gasteiger partial charge >= 0.3 is 17.9 Å². The van der Waals surface area contributed by atoms with E-state index in [0.717, 1.165) is 64.2 Å². The zero-order valence-corrected chi connectivity index (χ0v) is 34.0. The van der Waals surface area contributed by atoms with Crippen molar-refractivity contribution in [1.82, 2.24) is 0 Å². The van der Waals surface area contributed by atoms with Crippen LogP contribution < -0.4 is 0 Å². The third-order valence-corrected chi connectivity index (χ3v) is 8.96. The summed E-state index contributed by atoms with van der Waals surface area (Å²) in [5, 5.41) is 9.59. The summed E-state index contributed by atoms with van der Waals surface area (Å²) in [6.07, 6.45) is 40.2. The Bertz CT molecular complexity index is 995. The molecule has 0 aliphatic heterocycles. The third kappa shape index (κ3) is 33.1. The lowest BCUT2D eigenvalue weighted by atomic mass is 10.1. The van der Waals surface area contributed by atoms with E-state index in [4.69, 9.17) is 14.2 Å². The van der Waals surface area contributed by atoms with Crippen molar-refractivity contribution in [3.8, 4) is 0 Å². The molecule has 2 unspecified atom stereocenters. The van der Waals surface area contributed by atoms with E-state index >= 15 is 0 Å². The Morgan fingerprint density at radius 3 is 1.65 bits per heavy atom. The van der Waals surface area contributed by atoms with Crippen LogP contribution in [0.15, 0.2) is 48.6 Å². The number of carbonyl (C=O) groups excluding carboxylic acids is 2. The van der Waals surface area contributed by atoms with Crippen LogP contribution >= 0.6 is 0 Å². The number of nitrogens with zero attached hydrogens (tertiary/aromatic N) is 1. The lowest BCUT2D eigenvalue weighted by Crippen LogP contribution is -2.50. The topological polar surface area (TPSA) is 99.1 Å². The van der Waals surface area contributed by atoms with E-state index < -0.39 is 18.1 Å². The molecular formula is C44H78NO7+. The second-order valence-corrected chi connectivity index (χ2v) is 14.9. The van der Waals surface area contributed by atoms with E-state index in [9.17, 15) is 19.5 Å². The molecule has 0 radical (unpaired) electrons. The van der Waals surface area contributed by atoms with Gasteiger partial charge in [-0.25, -0.2) is 4.79 Å². The summed E-state index contributed by atoms with van der Waals surface area (Å²) >= 11 is 0. The van der Waals surface area contributed by atoms with Crippen LogP contribution in [0.1, 0.15) is 162 Å². The summed E-state index contributed by atoms with van der Waals surface area (Å²) in [6.45, 7) is 4.55. The van der Waals surface area contributed by atoms with Crippen molar-refractivity contribution in [3.63, 3.8) is 0 Å². The molecule has 0 aromatic carbocycles. The zero-order chi connectivity index (χ0) is 38.5. The molecule has 0 bridgehead atoms. The molecule has 0 rings (SSSR count). The molecular weight excluding hydrogens is 654 g/mol. The van der Waals surface area contributed by atoms with Crippen LogP contribution in [-0.4, -0.2) is 80.6 Å². The molecule has 0 saturated carbocycles. The first-order valence-corrected chi connectivity index (χ1v) is 20.7. The first-order valence-electron chi connectivity index (χ1n) is 20.7. The first-order chi connectivity index (χ1) is 25.1. The highest BCUT2D eigenvalue weighted by molar-refractivity contribution is 5.72. The fourth-order valence-corrected chi connectivity index (χ4v) is 5.75. The number of likely N-dealkylation sites (N-methyl/N-ethyl adjacent to an activating group) is 1. The molecule has 1 N–H and O–H groups in total. The maximum Gasteiger partial charge on any atom is 0.362 e. The van der Waals surface area contributed by atoms with Gasteiger partial charge in [-0.05, 0) is 70.6 Å². The van der Waals surface area contributed by atoms with Gasteiger partial charge in [0.2, 0.25) is 0 Å². The summed E-state index contributed by atoms with van der Waals surface area (Å²) in [5.74, 6) is -1.53. The molecule has 0 fully saturated rings. The van der Waals surface area contributed by atoms with Gasteiger partial charge in [0.15, 0.2) is 12.1 Å². The lowest BCUT2D eigenvalue weighted by molar-refractivity contribution is -0.887. The number of carboxylic acid groups (broad SMARTS) is 1. The predicted molar refractivity (Wildman–Crippen MR) is 215 cm³/mol. The summed E-state index contributed by atoms with van der Waals surface area (Å²) in [5.41, 5.74) is 0. The molecule has 0 aliphatic rings. The molecule has 2 atom stereocenters. The smallest absolute Gasteiger partial charge is 0.362 e. The Morgan fingerprint density at radius 2 is 1.08 bits per heavy atom. The largest absolute Gasteiger partial charge is 0.477 e. The number of aliphatic carboxylic acids is 1. The number of allylic oxidation sites excluding steroid dienone is 8. The number of carboxylic acids is 1.